The molecule has 1 N–H and O–H groups in total. The molecule has 1 atom stereocenters. The summed E-state index contributed by atoms with van der Waals surface area (Å²) in [6.07, 6.45) is 0. The number of benzene rings is 2. The van der Waals surface area contributed by atoms with Crippen molar-refractivity contribution in [3.63, 3.8) is 0 Å². The number of methoxy groups -OCH3 is 2. The molecule has 0 amide bonds. The van der Waals surface area contributed by atoms with Gasteiger partial charge in [-0.1, -0.05) is 17.7 Å². The van der Waals surface area contributed by atoms with Crippen LogP contribution in [0.25, 0.3) is 0 Å². The predicted octanol–water partition coefficient (Wildman–Crippen LogP) is 4.67. The molecule has 112 valence electrons. The Hall–Kier alpha value is -1.94. The van der Waals surface area contributed by atoms with Crippen LogP contribution in [0.3, 0.4) is 0 Å². The number of hydrogen-bond acceptors (Lipinski definition) is 3. The molecular weight excluding hydrogens is 293 g/mol. The lowest BCUT2D eigenvalue weighted by Gasteiger charge is -2.18. The summed E-state index contributed by atoms with van der Waals surface area (Å²) in [4.78, 5) is 0. The van der Waals surface area contributed by atoms with Gasteiger partial charge < -0.3 is 14.8 Å². The first kappa shape index (κ1) is 15.4. The van der Waals surface area contributed by atoms with E-state index in [0.717, 1.165) is 11.3 Å². The molecule has 0 saturated heterocycles. The van der Waals surface area contributed by atoms with Crippen LogP contribution >= 0.6 is 11.6 Å². The minimum atomic E-state index is -0.430. The van der Waals surface area contributed by atoms with Gasteiger partial charge in [-0.25, -0.2) is 4.39 Å². The summed E-state index contributed by atoms with van der Waals surface area (Å²) < 4.78 is 23.7. The average Bonchev–Trinajstić information content (AvgIpc) is 2.50. The van der Waals surface area contributed by atoms with Crippen LogP contribution in [0.2, 0.25) is 5.02 Å². The van der Waals surface area contributed by atoms with Crippen molar-refractivity contribution in [2.75, 3.05) is 19.5 Å². The molecule has 0 radical (unpaired) electrons. The standard InChI is InChI=1S/C16H17ClFNO2/c1-10(19-12-5-6-14(18)13(17)9-12)11-4-7-15(20-2)16(8-11)21-3/h4-10,19H,1-3H3. The van der Waals surface area contributed by atoms with Crippen molar-refractivity contribution in [3.8, 4) is 11.5 Å². The van der Waals surface area contributed by atoms with E-state index in [9.17, 15) is 4.39 Å². The molecule has 0 spiro atoms. The van der Waals surface area contributed by atoms with E-state index in [1.807, 2.05) is 25.1 Å². The van der Waals surface area contributed by atoms with Gasteiger partial charge in [0.1, 0.15) is 5.82 Å². The Morgan fingerprint density at radius 1 is 1.05 bits per heavy atom. The summed E-state index contributed by atoms with van der Waals surface area (Å²) in [5.41, 5.74) is 1.77. The summed E-state index contributed by atoms with van der Waals surface area (Å²) in [6.45, 7) is 2.00. The van der Waals surface area contributed by atoms with Crippen molar-refractivity contribution >= 4 is 17.3 Å². The molecule has 0 bridgehead atoms. The second kappa shape index (κ2) is 6.68. The third-order valence-corrected chi connectivity index (χ3v) is 3.50. The van der Waals surface area contributed by atoms with Gasteiger partial charge in [0, 0.05) is 11.7 Å². The van der Waals surface area contributed by atoms with Crippen molar-refractivity contribution in [1.82, 2.24) is 0 Å². The second-order valence-electron chi connectivity index (χ2n) is 4.61. The molecule has 2 rings (SSSR count). The predicted molar refractivity (Wildman–Crippen MR) is 83.0 cm³/mol. The Kier molecular flexibility index (Phi) is 4.91. The Labute approximate surface area is 128 Å². The van der Waals surface area contributed by atoms with Crippen LogP contribution in [-0.4, -0.2) is 14.2 Å². The Morgan fingerprint density at radius 3 is 2.38 bits per heavy atom. The minimum absolute atomic E-state index is 0.00586. The number of halogens is 2. The molecule has 0 aliphatic carbocycles. The maximum absolute atomic E-state index is 13.2. The first-order valence-electron chi connectivity index (χ1n) is 6.48. The van der Waals surface area contributed by atoms with Crippen LogP contribution in [0.4, 0.5) is 10.1 Å². The smallest absolute Gasteiger partial charge is 0.161 e. The Morgan fingerprint density at radius 2 is 1.76 bits per heavy atom. The fourth-order valence-corrected chi connectivity index (χ4v) is 2.22. The van der Waals surface area contributed by atoms with Gasteiger partial charge in [0.25, 0.3) is 0 Å². The highest BCUT2D eigenvalue weighted by Gasteiger charge is 2.11. The zero-order valence-electron chi connectivity index (χ0n) is 12.1. The van der Waals surface area contributed by atoms with E-state index >= 15 is 0 Å². The lowest BCUT2D eigenvalue weighted by Crippen LogP contribution is -2.07. The van der Waals surface area contributed by atoms with Crippen molar-refractivity contribution < 1.29 is 13.9 Å². The van der Waals surface area contributed by atoms with E-state index in [2.05, 4.69) is 5.32 Å². The summed E-state index contributed by atoms with van der Waals surface area (Å²) >= 11 is 5.78. The zero-order valence-corrected chi connectivity index (χ0v) is 12.9. The molecule has 1 unspecified atom stereocenters. The van der Waals surface area contributed by atoms with Crippen molar-refractivity contribution in [3.05, 3.63) is 52.8 Å². The number of anilines is 1. The summed E-state index contributed by atoms with van der Waals surface area (Å²) in [7, 11) is 3.19. The van der Waals surface area contributed by atoms with Gasteiger partial charge in [-0.05, 0) is 42.8 Å². The normalized spacial score (nSPS) is 11.9. The van der Waals surface area contributed by atoms with Crippen molar-refractivity contribution in [2.45, 2.75) is 13.0 Å². The van der Waals surface area contributed by atoms with E-state index in [1.54, 1.807) is 26.4 Å². The van der Waals surface area contributed by atoms with Gasteiger partial charge in [-0.3, -0.25) is 0 Å². The van der Waals surface area contributed by atoms with Crippen molar-refractivity contribution in [1.29, 1.82) is 0 Å². The summed E-state index contributed by atoms with van der Waals surface area (Å²) in [6, 6.07) is 10.3. The second-order valence-corrected chi connectivity index (χ2v) is 5.02. The summed E-state index contributed by atoms with van der Waals surface area (Å²) in [5, 5.41) is 3.36. The fraction of sp³-hybridized carbons (Fsp3) is 0.250. The average molecular weight is 310 g/mol. The van der Waals surface area contributed by atoms with E-state index in [1.165, 1.54) is 6.07 Å². The molecule has 0 fully saturated rings. The van der Waals surface area contributed by atoms with Gasteiger partial charge >= 0.3 is 0 Å². The molecule has 5 heteroatoms. The Bertz CT molecular complexity index is 634. The third kappa shape index (κ3) is 3.58. The topological polar surface area (TPSA) is 30.5 Å². The lowest BCUT2D eigenvalue weighted by atomic mass is 10.1. The van der Waals surface area contributed by atoms with Gasteiger partial charge in [-0.2, -0.15) is 0 Å². The minimum Gasteiger partial charge on any atom is -0.493 e. The maximum Gasteiger partial charge on any atom is 0.161 e. The first-order chi connectivity index (χ1) is 10.0. The SMILES string of the molecule is COc1ccc(C(C)Nc2ccc(F)c(Cl)c2)cc1OC. The van der Waals surface area contributed by atoms with Gasteiger partial charge in [0.2, 0.25) is 0 Å². The molecular formula is C16H17ClFNO2. The molecule has 3 nitrogen and oxygen atoms in total. The van der Waals surface area contributed by atoms with E-state index in [-0.39, 0.29) is 11.1 Å². The van der Waals surface area contributed by atoms with E-state index in [0.29, 0.717) is 11.5 Å². The molecule has 2 aromatic rings. The monoisotopic (exact) mass is 309 g/mol. The quantitative estimate of drug-likeness (QED) is 0.870. The molecule has 0 aliphatic heterocycles. The van der Waals surface area contributed by atoms with Gasteiger partial charge in [0.05, 0.1) is 19.2 Å². The van der Waals surface area contributed by atoms with Crippen LogP contribution < -0.4 is 14.8 Å². The fourth-order valence-electron chi connectivity index (χ4n) is 2.04. The molecule has 2 aromatic carbocycles. The number of nitrogens with one attached hydrogen (secondary N) is 1. The van der Waals surface area contributed by atoms with Crippen LogP contribution in [0.1, 0.15) is 18.5 Å². The number of hydrogen-bond donors (Lipinski definition) is 1. The molecule has 0 heterocycles. The highest BCUT2D eigenvalue weighted by molar-refractivity contribution is 6.31. The Balaban J connectivity index is 2.19. The number of rotatable bonds is 5. The third-order valence-electron chi connectivity index (χ3n) is 3.21. The summed E-state index contributed by atoms with van der Waals surface area (Å²) in [5.74, 6) is 0.917. The van der Waals surface area contributed by atoms with Crippen LogP contribution in [0, 0.1) is 5.82 Å². The van der Waals surface area contributed by atoms with Crippen LogP contribution in [0.15, 0.2) is 36.4 Å². The highest BCUT2D eigenvalue weighted by atomic mass is 35.5. The number of ether oxygens (including phenoxy) is 2. The maximum atomic E-state index is 13.2. The van der Waals surface area contributed by atoms with Crippen molar-refractivity contribution in [2.24, 2.45) is 0 Å². The van der Waals surface area contributed by atoms with Gasteiger partial charge in [0.15, 0.2) is 11.5 Å². The molecule has 0 aromatic heterocycles. The van der Waals surface area contributed by atoms with Crippen LogP contribution in [-0.2, 0) is 0 Å². The zero-order chi connectivity index (χ0) is 15.4. The van der Waals surface area contributed by atoms with E-state index < -0.39 is 5.82 Å². The molecule has 0 saturated carbocycles. The van der Waals surface area contributed by atoms with Crippen LogP contribution in [0.5, 0.6) is 11.5 Å². The molecule has 0 aliphatic rings. The van der Waals surface area contributed by atoms with E-state index in [4.69, 9.17) is 21.1 Å². The molecule has 21 heavy (non-hydrogen) atoms. The largest absolute Gasteiger partial charge is 0.493 e. The highest BCUT2D eigenvalue weighted by Crippen LogP contribution is 2.31. The van der Waals surface area contributed by atoms with Gasteiger partial charge in [-0.15, -0.1) is 0 Å². The lowest BCUT2D eigenvalue weighted by molar-refractivity contribution is 0.354. The first-order valence-corrected chi connectivity index (χ1v) is 6.86.